The zero-order valence-electron chi connectivity index (χ0n) is 16.4. The SMILES string of the molecule is CC(=O)Nc1cc(C(=O)NCc2cnc(OCC(F)(F)C(F)F)c(C)c2)cc(C)n1. The molecule has 0 saturated carbocycles. The highest BCUT2D eigenvalue weighted by atomic mass is 19.3. The Hall–Kier alpha value is -3.24. The highest BCUT2D eigenvalue weighted by Crippen LogP contribution is 2.25. The molecular formula is C19H20F4N4O3. The van der Waals surface area contributed by atoms with Crippen LogP contribution in [0.2, 0.25) is 0 Å². The van der Waals surface area contributed by atoms with Crippen molar-refractivity contribution in [3.8, 4) is 5.88 Å². The molecule has 30 heavy (non-hydrogen) atoms. The molecule has 2 heterocycles. The zero-order valence-corrected chi connectivity index (χ0v) is 16.4. The molecule has 0 aromatic carbocycles. The first-order valence-electron chi connectivity index (χ1n) is 8.76. The summed E-state index contributed by atoms with van der Waals surface area (Å²) in [6, 6.07) is 4.50. The lowest BCUT2D eigenvalue weighted by atomic mass is 10.2. The maximum atomic E-state index is 13.0. The number of hydrogen-bond donors (Lipinski definition) is 2. The third-order valence-corrected chi connectivity index (χ3v) is 3.78. The number of nitrogens with one attached hydrogen (secondary N) is 2. The van der Waals surface area contributed by atoms with Gasteiger partial charge in [-0.15, -0.1) is 0 Å². The maximum Gasteiger partial charge on any atom is 0.340 e. The van der Waals surface area contributed by atoms with E-state index in [1.807, 2.05) is 0 Å². The number of hydrogen-bond acceptors (Lipinski definition) is 5. The topological polar surface area (TPSA) is 93.2 Å². The predicted molar refractivity (Wildman–Crippen MR) is 99.9 cm³/mol. The van der Waals surface area contributed by atoms with Crippen LogP contribution in [0.1, 0.15) is 34.1 Å². The number of ether oxygens (including phenoxy) is 1. The average molecular weight is 428 g/mol. The van der Waals surface area contributed by atoms with Crippen LogP contribution in [-0.2, 0) is 11.3 Å². The minimum absolute atomic E-state index is 0.0665. The van der Waals surface area contributed by atoms with Gasteiger partial charge in [0.1, 0.15) is 5.82 Å². The molecule has 0 aliphatic carbocycles. The highest BCUT2D eigenvalue weighted by Gasteiger charge is 2.42. The van der Waals surface area contributed by atoms with E-state index < -0.39 is 24.9 Å². The molecule has 0 unspecified atom stereocenters. The van der Waals surface area contributed by atoms with Gasteiger partial charge < -0.3 is 15.4 Å². The summed E-state index contributed by atoms with van der Waals surface area (Å²) in [5.41, 5.74) is 1.71. The third-order valence-electron chi connectivity index (χ3n) is 3.78. The van der Waals surface area contributed by atoms with E-state index in [-0.39, 0.29) is 29.7 Å². The van der Waals surface area contributed by atoms with E-state index in [0.717, 1.165) is 0 Å². The van der Waals surface area contributed by atoms with E-state index in [4.69, 9.17) is 4.74 Å². The molecule has 0 aliphatic heterocycles. The fourth-order valence-corrected chi connectivity index (χ4v) is 2.42. The molecule has 2 aromatic rings. The van der Waals surface area contributed by atoms with E-state index in [9.17, 15) is 27.2 Å². The van der Waals surface area contributed by atoms with Crippen molar-refractivity contribution >= 4 is 17.6 Å². The zero-order chi connectivity index (χ0) is 22.5. The number of nitrogens with zero attached hydrogens (tertiary/aromatic N) is 2. The van der Waals surface area contributed by atoms with E-state index in [1.165, 1.54) is 32.2 Å². The Bertz CT molecular complexity index is 938. The minimum Gasteiger partial charge on any atom is -0.471 e. The Labute approximate surface area is 169 Å². The van der Waals surface area contributed by atoms with Gasteiger partial charge in [-0.1, -0.05) is 0 Å². The quantitative estimate of drug-likeness (QED) is 0.630. The van der Waals surface area contributed by atoms with E-state index in [2.05, 4.69) is 20.6 Å². The van der Waals surface area contributed by atoms with Crippen molar-refractivity contribution in [2.24, 2.45) is 0 Å². The van der Waals surface area contributed by atoms with Crippen LogP contribution in [0.15, 0.2) is 24.4 Å². The van der Waals surface area contributed by atoms with Crippen molar-refractivity contribution in [1.29, 1.82) is 0 Å². The molecule has 162 valence electrons. The summed E-state index contributed by atoms with van der Waals surface area (Å²) >= 11 is 0. The number of aromatic nitrogens is 2. The van der Waals surface area contributed by atoms with Crippen molar-refractivity contribution in [2.45, 2.75) is 39.7 Å². The number of alkyl halides is 4. The van der Waals surface area contributed by atoms with Gasteiger partial charge in [0.2, 0.25) is 11.8 Å². The monoisotopic (exact) mass is 428 g/mol. The first-order chi connectivity index (χ1) is 14.0. The number of aryl methyl sites for hydroxylation is 2. The molecule has 0 radical (unpaired) electrons. The van der Waals surface area contributed by atoms with Crippen LogP contribution < -0.4 is 15.4 Å². The lowest BCUT2D eigenvalue weighted by molar-refractivity contribution is -0.148. The molecule has 2 aromatic heterocycles. The van der Waals surface area contributed by atoms with E-state index >= 15 is 0 Å². The summed E-state index contributed by atoms with van der Waals surface area (Å²) in [4.78, 5) is 31.5. The molecular weight excluding hydrogens is 408 g/mol. The summed E-state index contributed by atoms with van der Waals surface area (Å²) in [5.74, 6) is -4.99. The molecule has 0 fully saturated rings. The largest absolute Gasteiger partial charge is 0.471 e. The van der Waals surface area contributed by atoms with Gasteiger partial charge in [-0.25, -0.2) is 18.7 Å². The second kappa shape index (κ2) is 9.51. The summed E-state index contributed by atoms with van der Waals surface area (Å²) < 4.78 is 55.0. The van der Waals surface area contributed by atoms with Crippen molar-refractivity contribution in [1.82, 2.24) is 15.3 Å². The van der Waals surface area contributed by atoms with Gasteiger partial charge in [0.25, 0.3) is 5.91 Å². The molecule has 2 amide bonds. The molecule has 0 spiro atoms. The van der Waals surface area contributed by atoms with Crippen LogP contribution in [0.25, 0.3) is 0 Å². The summed E-state index contributed by atoms with van der Waals surface area (Å²) in [6.07, 6.45) is -2.56. The Morgan fingerprint density at radius 2 is 1.90 bits per heavy atom. The maximum absolute atomic E-state index is 13.0. The molecule has 11 heteroatoms. The Kier molecular flexibility index (Phi) is 7.30. The van der Waals surface area contributed by atoms with Crippen LogP contribution >= 0.6 is 0 Å². The van der Waals surface area contributed by atoms with Gasteiger partial charge in [-0.3, -0.25) is 9.59 Å². The van der Waals surface area contributed by atoms with Gasteiger partial charge in [-0.05, 0) is 37.6 Å². The van der Waals surface area contributed by atoms with Gasteiger partial charge in [-0.2, -0.15) is 8.78 Å². The number of halogens is 4. The van der Waals surface area contributed by atoms with Crippen LogP contribution in [0, 0.1) is 13.8 Å². The van der Waals surface area contributed by atoms with E-state index in [1.54, 1.807) is 13.0 Å². The minimum atomic E-state index is -4.28. The van der Waals surface area contributed by atoms with Gasteiger partial charge in [0.05, 0.1) is 0 Å². The summed E-state index contributed by atoms with van der Waals surface area (Å²) in [6.45, 7) is 3.08. The lowest BCUT2D eigenvalue weighted by Gasteiger charge is -2.16. The first-order valence-corrected chi connectivity index (χ1v) is 8.76. The standard InChI is InChI=1S/C19H20F4N4O3/c1-10-4-13(8-25-17(10)30-9-19(22,23)18(20)21)7-24-16(29)14-5-11(2)26-15(6-14)27-12(3)28/h4-6,8,18H,7,9H2,1-3H3,(H,24,29)(H,26,27,28). The van der Waals surface area contributed by atoms with Gasteiger partial charge in [0, 0.05) is 36.5 Å². The van der Waals surface area contributed by atoms with Crippen molar-refractivity contribution in [3.05, 3.63) is 46.8 Å². The Morgan fingerprint density at radius 1 is 1.20 bits per heavy atom. The Morgan fingerprint density at radius 3 is 2.50 bits per heavy atom. The van der Waals surface area contributed by atoms with Gasteiger partial charge in [0.15, 0.2) is 6.61 Å². The van der Waals surface area contributed by atoms with Crippen molar-refractivity contribution in [3.63, 3.8) is 0 Å². The molecule has 0 bridgehead atoms. The molecule has 2 N–H and O–H groups in total. The number of pyridine rings is 2. The predicted octanol–water partition coefficient (Wildman–Crippen LogP) is 3.26. The van der Waals surface area contributed by atoms with Crippen LogP contribution in [0.4, 0.5) is 23.4 Å². The van der Waals surface area contributed by atoms with Crippen LogP contribution in [0.5, 0.6) is 5.88 Å². The summed E-state index contributed by atoms with van der Waals surface area (Å²) in [7, 11) is 0. The van der Waals surface area contributed by atoms with Crippen LogP contribution in [0.3, 0.4) is 0 Å². The fourth-order valence-electron chi connectivity index (χ4n) is 2.42. The number of carbonyl (C=O) groups excluding carboxylic acids is 2. The number of amides is 2. The molecule has 0 atom stereocenters. The lowest BCUT2D eigenvalue weighted by Crippen LogP contribution is -2.34. The molecule has 0 aliphatic rings. The molecule has 7 nitrogen and oxygen atoms in total. The van der Waals surface area contributed by atoms with E-state index in [0.29, 0.717) is 16.8 Å². The molecule has 0 saturated heterocycles. The highest BCUT2D eigenvalue weighted by molar-refractivity contribution is 5.96. The summed E-state index contributed by atoms with van der Waals surface area (Å²) in [5, 5.41) is 5.16. The van der Waals surface area contributed by atoms with Crippen molar-refractivity contribution < 1.29 is 31.9 Å². The van der Waals surface area contributed by atoms with Crippen LogP contribution in [-0.4, -0.2) is 40.7 Å². The first kappa shape index (κ1) is 23.0. The smallest absolute Gasteiger partial charge is 0.340 e. The van der Waals surface area contributed by atoms with Crippen molar-refractivity contribution in [2.75, 3.05) is 11.9 Å². The number of carbonyl (C=O) groups is 2. The molecule has 2 rings (SSSR count). The second-order valence-corrected chi connectivity index (χ2v) is 6.56. The average Bonchev–Trinajstić information content (AvgIpc) is 2.64. The number of anilines is 1. The van der Waals surface area contributed by atoms with Gasteiger partial charge >= 0.3 is 12.3 Å². The number of rotatable bonds is 8. The second-order valence-electron chi connectivity index (χ2n) is 6.56. The normalized spacial score (nSPS) is 11.3. The fraction of sp³-hybridized carbons (Fsp3) is 0.368. The Balaban J connectivity index is 2.01. The third kappa shape index (κ3) is 6.39.